The fraction of sp³-hybridized carbons (Fsp3) is 1.00. The van der Waals surface area contributed by atoms with Crippen molar-refractivity contribution in [1.82, 2.24) is 0 Å². The summed E-state index contributed by atoms with van der Waals surface area (Å²) < 4.78 is 0. The van der Waals surface area contributed by atoms with Crippen LogP contribution in [0.2, 0.25) is 0 Å². The number of hydrogen-bond donors (Lipinski definition) is 1. The Morgan fingerprint density at radius 1 is 0.500 bits per heavy atom. The van der Waals surface area contributed by atoms with Gasteiger partial charge in [-0.2, -0.15) is 0 Å². The summed E-state index contributed by atoms with van der Waals surface area (Å²) in [6, 6.07) is 0.501. The lowest BCUT2D eigenvalue weighted by Crippen LogP contribution is -2.21. The molecule has 0 aromatic carbocycles. The van der Waals surface area contributed by atoms with Crippen LogP contribution in [-0.4, -0.2) is 6.04 Å². The molecule has 1 heteroatoms. The molecule has 2 N–H and O–H groups in total. The zero-order valence-electron chi connectivity index (χ0n) is 10.8. The average Bonchev–Trinajstić information content (AvgIpc) is 2.37. The Bertz CT molecular complexity index is 158. The van der Waals surface area contributed by atoms with E-state index in [0.717, 1.165) is 11.8 Å². The van der Waals surface area contributed by atoms with Crippen LogP contribution in [-0.2, 0) is 0 Å². The first-order valence-corrected chi connectivity index (χ1v) is 7.60. The lowest BCUT2D eigenvalue weighted by molar-refractivity contribution is 0.332. The van der Waals surface area contributed by atoms with Crippen molar-refractivity contribution in [1.29, 1.82) is 0 Å². The number of rotatable bonds is 0. The minimum absolute atomic E-state index is 0.501. The largest absolute Gasteiger partial charge is 0.328 e. The summed E-state index contributed by atoms with van der Waals surface area (Å²) in [5.41, 5.74) is 6.23. The van der Waals surface area contributed by atoms with E-state index >= 15 is 0 Å². The van der Waals surface area contributed by atoms with Gasteiger partial charge in [-0.25, -0.2) is 0 Å². The molecule has 0 radical (unpaired) electrons. The van der Waals surface area contributed by atoms with Crippen LogP contribution >= 0.6 is 0 Å². The van der Waals surface area contributed by atoms with Crippen LogP contribution in [0.3, 0.4) is 0 Å². The number of fused-ring (bicyclic) bond motifs is 10. The van der Waals surface area contributed by atoms with Gasteiger partial charge in [-0.05, 0) is 37.5 Å². The van der Waals surface area contributed by atoms with Crippen molar-refractivity contribution in [2.75, 3.05) is 0 Å². The Hall–Kier alpha value is -0.0400. The molecule has 3 rings (SSSR count). The molecule has 2 bridgehead atoms. The Morgan fingerprint density at radius 3 is 1.25 bits per heavy atom. The van der Waals surface area contributed by atoms with Crippen LogP contribution in [0, 0.1) is 11.8 Å². The third-order valence-electron chi connectivity index (χ3n) is 4.84. The fourth-order valence-electron chi connectivity index (χ4n) is 3.64. The third kappa shape index (κ3) is 4.08. The van der Waals surface area contributed by atoms with Crippen LogP contribution < -0.4 is 5.73 Å². The van der Waals surface area contributed by atoms with E-state index in [1.165, 1.54) is 77.0 Å². The summed E-state index contributed by atoms with van der Waals surface area (Å²) >= 11 is 0. The Morgan fingerprint density at radius 2 is 0.875 bits per heavy atom. The summed E-state index contributed by atoms with van der Waals surface area (Å²) in [5, 5.41) is 0. The van der Waals surface area contributed by atoms with Crippen molar-refractivity contribution in [3.8, 4) is 0 Å². The smallest absolute Gasteiger partial charge is 0.00390 e. The van der Waals surface area contributed by atoms with Crippen molar-refractivity contribution >= 4 is 0 Å². The van der Waals surface area contributed by atoms with Crippen LogP contribution in [0.5, 0.6) is 0 Å². The SMILES string of the molecule is NC1CCC2CCCCC(CCCC2)CC1. The summed E-state index contributed by atoms with van der Waals surface area (Å²) in [6.45, 7) is 0. The first-order valence-electron chi connectivity index (χ1n) is 7.60. The van der Waals surface area contributed by atoms with E-state index < -0.39 is 0 Å². The maximum absolute atomic E-state index is 6.23. The molecule has 3 aliphatic rings. The van der Waals surface area contributed by atoms with E-state index in [-0.39, 0.29) is 0 Å². The normalized spacial score (nSPS) is 38.4. The molecule has 0 saturated heterocycles. The molecule has 0 spiro atoms. The molecule has 0 atom stereocenters. The van der Waals surface area contributed by atoms with Gasteiger partial charge in [0.25, 0.3) is 0 Å². The van der Waals surface area contributed by atoms with E-state index in [2.05, 4.69) is 0 Å². The molecular formula is C15H29N. The van der Waals surface area contributed by atoms with Gasteiger partial charge in [0.15, 0.2) is 0 Å². The lowest BCUT2D eigenvalue weighted by Gasteiger charge is -2.20. The van der Waals surface area contributed by atoms with Gasteiger partial charge in [-0.15, -0.1) is 0 Å². The first kappa shape index (κ1) is 12.4. The Balaban J connectivity index is 1.97. The van der Waals surface area contributed by atoms with Gasteiger partial charge in [0.1, 0.15) is 0 Å². The zero-order chi connectivity index (χ0) is 11.2. The van der Waals surface area contributed by atoms with Gasteiger partial charge >= 0.3 is 0 Å². The van der Waals surface area contributed by atoms with Gasteiger partial charge in [-0.3, -0.25) is 0 Å². The predicted molar refractivity (Wildman–Crippen MR) is 70.4 cm³/mol. The minimum atomic E-state index is 0.501. The molecule has 3 saturated carbocycles. The van der Waals surface area contributed by atoms with Gasteiger partial charge in [-0.1, -0.05) is 51.4 Å². The summed E-state index contributed by atoms with van der Waals surface area (Å²) in [5.74, 6) is 2.00. The molecule has 0 unspecified atom stereocenters. The monoisotopic (exact) mass is 223 g/mol. The molecule has 0 aromatic heterocycles. The van der Waals surface area contributed by atoms with E-state index in [0.29, 0.717) is 6.04 Å². The zero-order valence-corrected chi connectivity index (χ0v) is 10.8. The van der Waals surface area contributed by atoms with Gasteiger partial charge in [0, 0.05) is 6.04 Å². The van der Waals surface area contributed by atoms with Crippen molar-refractivity contribution in [2.24, 2.45) is 17.6 Å². The standard InChI is InChI=1S/C15H29N/c16-15-11-9-13-5-1-2-6-14(10-12-15)8-4-3-7-13/h13-15H,1-12,16H2. The van der Waals surface area contributed by atoms with Crippen molar-refractivity contribution in [3.63, 3.8) is 0 Å². The third-order valence-corrected chi connectivity index (χ3v) is 4.84. The molecule has 0 amide bonds. The molecule has 16 heavy (non-hydrogen) atoms. The van der Waals surface area contributed by atoms with Gasteiger partial charge < -0.3 is 5.73 Å². The second-order valence-electron chi connectivity index (χ2n) is 6.22. The maximum Gasteiger partial charge on any atom is 0.00390 e. The van der Waals surface area contributed by atoms with E-state index in [1.54, 1.807) is 0 Å². The summed E-state index contributed by atoms with van der Waals surface area (Å²) in [6.07, 6.45) is 17.3. The highest BCUT2D eigenvalue weighted by molar-refractivity contribution is 4.73. The fourth-order valence-corrected chi connectivity index (χ4v) is 3.64. The molecular weight excluding hydrogens is 194 g/mol. The second kappa shape index (κ2) is 6.64. The summed E-state index contributed by atoms with van der Waals surface area (Å²) in [4.78, 5) is 0. The topological polar surface area (TPSA) is 26.0 Å². The lowest BCUT2D eigenvalue weighted by atomic mass is 9.86. The molecule has 0 heterocycles. The van der Waals surface area contributed by atoms with Crippen LogP contribution in [0.15, 0.2) is 0 Å². The quantitative estimate of drug-likeness (QED) is 0.652. The molecule has 94 valence electrons. The second-order valence-corrected chi connectivity index (χ2v) is 6.22. The van der Waals surface area contributed by atoms with Crippen molar-refractivity contribution in [2.45, 2.75) is 83.1 Å². The predicted octanol–water partition coefficient (Wildman–Crippen LogP) is 4.25. The van der Waals surface area contributed by atoms with Crippen LogP contribution in [0.4, 0.5) is 0 Å². The first-order chi connectivity index (χ1) is 7.84. The average molecular weight is 223 g/mol. The van der Waals surface area contributed by atoms with Crippen LogP contribution in [0.25, 0.3) is 0 Å². The summed E-state index contributed by atoms with van der Waals surface area (Å²) in [7, 11) is 0. The Kier molecular flexibility index (Phi) is 5.15. The molecule has 3 aliphatic carbocycles. The number of hydrogen-bond acceptors (Lipinski definition) is 1. The molecule has 3 fully saturated rings. The van der Waals surface area contributed by atoms with Gasteiger partial charge in [0.05, 0.1) is 0 Å². The van der Waals surface area contributed by atoms with Gasteiger partial charge in [0.2, 0.25) is 0 Å². The maximum atomic E-state index is 6.23. The molecule has 0 aromatic rings. The highest BCUT2D eigenvalue weighted by Crippen LogP contribution is 2.31. The molecule has 1 nitrogen and oxygen atoms in total. The van der Waals surface area contributed by atoms with Crippen molar-refractivity contribution in [3.05, 3.63) is 0 Å². The van der Waals surface area contributed by atoms with E-state index in [9.17, 15) is 0 Å². The highest BCUT2D eigenvalue weighted by Gasteiger charge is 2.18. The minimum Gasteiger partial charge on any atom is -0.328 e. The highest BCUT2D eigenvalue weighted by atomic mass is 14.6. The van der Waals surface area contributed by atoms with Crippen LogP contribution in [0.1, 0.15) is 77.0 Å². The van der Waals surface area contributed by atoms with Crippen molar-refractivity contribution < 1.29 is 0 Å². The number of nitrogens with two attached hydrogens (primary N) is 1. The molecule has 0 aliphatic heterocycles. The van der Waals surface area contributed by atoms with E-state index in [1.807, 2.05) is 0 Å². The Labute approximate surface area is 101 Å². The van der Waals surface area contributed by atoms with E-state index in [4.69, 9.17) is 5.73 Å².